The number of methoxy groups -OCH3 is 2. The quantitative estimate of drug-likeness (QED) is 0.418. The molecule has 0 aromatic heterocycles. The summed E-state index contributed by atoms with van der Waals surface area (Å²) in [6.45, 7) is 6.83. The fraction of sp³-hybridized carbons (Fsp3) is 0.600. The van der Waals surface area contributed by atoms with E-state index >= 15 is 0 Å². The third kappa shape index (κ3) is 6.31. The van der Waals surface area contributed by atoms with Gasteiger partial charge < -0.3 is 29.7 Å². The summed E-state index contributed by atoms with van der Waals surface area (Å²) in [7, 11) is -1.06. The molecule has 0 unspecified atom stereocenters. The number of hydrogen-bond donors (Lipinski definition) is 2. The lowest BCUT2D eigenvalue weighted by atomic mass is 10.3. The van der Waals surface area contributed by atoms with Crippen molar-refractivity contribution in [2.45, 2.75) is 25.0 Å². The summed E-state index contributed by atoms with van der Waals surface area (Å²) in [4.78, 5) is 26.2. The van der Waals surface area contributed by atoms with Gasteiger partial charge in [0.1, 0.15) is 6.23 Å². The largest absolute Gasteiger partial charge is 0.493 e. The number of sulfonamides is 1. The van der Waals surface area contributed by atoms with Gasteiger partial charge in [0, 0.05) is 25.7 Å². The topological polar surface area (TPSA) is 127 Å². The highest BCUT2D eigenvalue weighted by molar-refractivity contribution is 7.89. The minimum atomic E-state index is -3.93. The minimum absolute atomic E-state index is 0.00567. The standard InChI is InChI=1S/C20H32N4O7S/c1-5-23(6-2)10-9-21-19(25)20(26)22-14-18-24(11-12-31-18)32(27,28)15-7-8-16(29-3)17(13-15)30-4/h7-8,13,18H,5-6,9-12,14H2,1-4H3,(H,21,25)(H,22,26)/t18-/m1/s1. The Balaban J connectivity index is 1.97. The molecule has 0 bridgehead atoms. The highest BCUT2D eigenvalue weighted by atomic mass is 32.2. The van der Waals surface area contributed by atoms with Crippen LogP contribution < -0.4 is 20.1 Å². The summed E-state index contributed by atoms with van der Waals surface area (Å²) >= 11 is 0. The zero-order valence-electron chi connectivity index (χ0n) is 18.9. The van der Waals surface area contributed by atoms with Gasteiger partial charge in [0.05, 0.1) is 32.3 Å². The van der Waals surface area contributed by atoms with Gasteiger partial charge in [-0.05, 0) is 25.2 Å². The van der Waals surface area contributed by atoms with Gasteiger partial charge in [0.2, 0.25) is 10.0 Å². The highest BCUT2D eigenvalue weighted by Crippen LogP contribution is 2.31. The molecule has 2 N–H and O–H groups in total. The van der Waals surface area contributed by atoms with Crippen molar-refractivity contribution in [1.82, 2.24) is 19.8 Å². The maximum atomic E-state index is 13.1. The van der Waals surface area contributed by atoms with E-state index in [9.17, 15) is 18.0 Å². The number of likely N-dealkylation sites (N-methyl/N-ethyl adjacent to an activating group) is 1. The lowest BCUT2D eigenvalue weighted by Crippen LogP contribution is -2.48. The molecule has 1 heterocycles. The highest BCUT2D eigenvalue weighted by Gasteiger charge is 2.37. The normalized spacial score (nSPS) is 16.7. The molecule has 0 spiro atoms. The molecule has 1 fully saturated rings. The number of carbonyl (C=O) groups is 2. The molecule has 1 saturated heterocycles. The van der Waals surface area contributed by atoms with Gasteiger partial charge in [0.25, 0.3) is 0 Å². The fourth-order valence-electron chi connectivity index (χ4n) is 3.26. The van der Waals surface area contributed by atoms with Crippen molar-refractivity contribution in [3.8, 4) is 11.5 Å². The predicted molar refractivity (Wildman–Crippen MR) is 117 cm³/mol. The molecule has 1 atom stereocenters. The van der Waals surface area contributed by atoms with Crippen molar-refractivity contribution in [1.29, 1.82) is 0 Å². The number of nitrogens with one attached hydrogen (secondary N) is 2. The third-order valence-electron chi connectivity index (χ3n) is 5.16. The maximum Gasteiger partial charge on any atom is 0.309 e. The Morgan fingerprint density at radius 2 is 1.78 bits per heavy atom. The zero-order chi connectivity index (χ0) is 23.7. The second-order valence-corrected chi connectivity index (χ2v) is 8.84. The first-order valence-electron chi connectivity index (χ1n) is 10.4. The van der Waals surface area contributed by atoms with Gasteiger partial charge in [0.15, 0.2) is 11.5 Å². The number of hydrogen-bond acceptors (Lipinski definition) is 8. The lowest BCUT2D eigenvalue weighted by molar-refractivity contribution is -0.139. The molecule has 180 valence electrons. The van der Waals surface area contributed by atoms with Crippen LogP contribution in [0.5, 0.6) is 11.5 Å². The molecule has 0 saturated carbocycles. The molecule has 1 aromatic carbocycles. The Morgan fingerprint density at radius 1 is 1.12 bits per heavy atom. The van der Waals surface area contributed by atoms with E-state index in [2.05, 4.69) is 15.5 Å². The average molecular weight is 473 g/mol. The Bertz CT molecular complexity index is 890. The van der Waals surface area contributed by atoms with Crippen molar-refractivity contribution in [3.05, 3.63) is 18.2 Å². The first kappa shape index (κ1) is 25.8. The Morgan fingerprint density at radius 3 is 2.41 bits per heavy atom. The summed E-state index contributed by atoms with van der Waals surface area (Å²) in [5, 5.41) is 5.00. The van der Waals surface area contributed by atoms with Crippen molar-refractivity contribution in [2.75, 3.05) is 60.1 Å². The molecule has 11 nitrogen and oxygen atoms in total. The number of nitrogens with zero attached hydrogens (tertiary/aromatic N) is 2. The molecule has 1 aliphatic heterocycles. The molecule has 0 radical (unpaired) electrons. The molecule has 1 aliphatic rings. The monoisotopic (exact) mass is 472 g/mol. The molecule has 2 amide bonds. The van der Waals surface area contributed by atoms with Gasteiger partial charge in [-0.2, -0.15) is 4.31 Å². The number of carbonyl (C=O) groups excluding carboxylic acids is 2. The first-order chi connectivity index (χ1) is 15.3. The van der Waals surface area contributed by atoms with Gasteiger partial charge in [-0.25, -0.2) is 8.42 Å². The first-order valence-corrected chi connectivity index (χ1v) is 11.9. The maximum absolute atomic E-state index is 13.1. The van der Waals surface area contributed by atoms with Crippen LogP contribution in [-0.2, 0) is 24.3 Å². The second kappa shape index (κ2) is 12.0. The van der Waals surface area contributed by atoms with E-state index in [1.807, 2.05) is 13.8 Å². The SMILES string of the molecule is CCN(CC)CCNC(=O)C(=O)NC[C@H]1OCCN1S(=O)(=O)c1ccc(OC)c(OC)c1. The van der Waals surface area contributed by atoms with E-state index in [4.69, 9.17) is 14.2 Å². The van der Waals surface area contributed by atoms with Crippen LogP contribution in [0, 0.1) is 0 Å². The molecule has 0 aliphatic carbocycles. The van der Waals surface area contributed by atoms with Crippen LogP contribution in [0.25, 0.3) is 0 Å². The van der Waals surface area contributed by atoms with Crippen LogP contribution >= 0.6 is 0 Å². The lowest BCUT2D eigenvalue weighted by Gasteiger charge is -2.23. The Kier molecular flexibility index (Phi) is 9.69. The van der Waals surface area contributed by atoms with E-state index in [1.165, 1.54) is 32.4 Å². The van der Waals surface area contributed by atoms with Crippen LogP contribution in [0.2, 0.25) is 0 Å². The molecular weight excluding hydrogens is 440 g/mol. The van der Waals surface area contributed by atoms with Crippen molar-refractivity contribution >= 4 is 21.8 Å². The Labute approximate surface area is 189 Å². The van der Waals surface area contributed by atoms with Gasteiger partial charge in [-0.3, -0.25) is 9.59 Å². The van der Waals surface area contributed by atoms with Gasteiger partial charge in [-0.15, -0.1) is 0 Å². The fourth-order valence-corrected chi connectivity index (χ4v) is 4.79. The van der Waals surface area contributed by atoms with Crippen molar-refractivity contribution < 1.29 is 32.2 Å². The summed E-state index contributed by atoms with van der Waals surface area (Å²) in [6.07, 6.45) is -0.930. The second-order valence-electron chi connectivity index (χ2n) is 6.95. The zero-order valence-corrected chi connectivity index (χ0v) is 19.7. The molecule has 1 aromatic rings. The van der Waals surface area contributed by atoms with Crippen LogP contribution in [0.1, 0.15) is 13.8 Å². The van der Waals surface area contributed by atoms with Crippen LogP contribution in [0.4, 0.5) is 0 Å². The number of ether oxygens (including phenoxy) is 3. The minimum Gasteiger partial charge on any atom is -0.493 e. The predicted octanol–water partition coefficient (Wildman–Crippen LogP) is -0.375. The van der Waals surface area contributed by atoms with E-state index in [-0.39, 0.29) is 30.3 Å². The van der Waals surface area contributed by atoms with E-state index in [0.717, 1.165) is 17.4 Å². The molecular formula is C20H32N4O7S. The summed E-state index contributed by atoms with van der Waals surface area (Å²) in [6, 6.07) is 4.28. The van der Waals surface area contributed by atoms with Gasteiger partial charge >= 0.3 is 11.8 Å². The van der Waals surface area contributed by atoms with E-state index in [0.29, 0.717) is 18.8 Å². The van der Waals surface area contributed by atoms with Gasteiger partial charge in [-0.1, -0.05) is 13.8 Å². The van der Waals surface area contributed by atoms with Crippen molar-refractivity contribution in [3.63, 3.8) is 0 Å². The molecule has 32 heavy (non-hydrogen) atoms. The van der Waals surface area contributed by atoms with E-state index < -0.39 is 28.1 Å². The summed E-state index contributed by atoms with van der Waals surface area (Å²) in [5.74, 6) is -0.937. The number of rotatable bonds is 11. The third-order valence-corrected chi connectivity index (χ3v) is 7.04. The molecule has 12 heteroatoms. The summed E-state index contributed by atoms with van der Waals surface area (Å²) in [5.41, 5.74) is 0. The van der Waals surface area contributed by atoms with Crippen molar-refractivity contribution in [2.24, 2.45) is 0 Å². The number of benzene rings is 1. The molecule has 2 rings (SSSR count). The number of amides is 2. The smallest absolute Gasteiger partial charge is 0.309 e. The van der Waals surface area contributed by atoms with E-state index in [1.54, 1.807) is 0 Å². The van der Waals surface area contributed by atoms with Crippen LogP contribution in [0.15, 0.2) is 23.1 Å². The van der Waals surface area contributed by atoms with Crippen LogP contribution in [0.3, 0.4) is 0 Å². The average Bonchev–Trinajstić information content (AvgIpc) is 3.29. The van der Waals surface area contributed by atoms with Crippen LogP contribution in [-0.4, -0.2) is 95.8 Å². The summed E-state index contributed by atoms with van der Waals surface area (Å²) < 4.78 is 43.2. The Hall–Kier alpha value is -2.41.